The van der Waals surface area contributed by atoms with Crippen LogP contribution in [-0.4, -0.2) is 63.9 Å². The van der Waals surface area contributed by atoms with E-state index < -0.39 is 0 Å². The van der Waals surface area contributed by atoms with Crippen LogP contribution in [0, 0.1) is 11.3 Å². The minimum absolute atomic E-state index is 0. The normalized spacial score (nSPS) is 23.3. The molecule has 1 aromatic rings. The van der Waals surface area contributed by atoms with Gasteiger partial charge in [0.2, 0.25) is 0 Å². The number of anilines is 2. The van der Waals surface area contributed by atoms with Crippen LogP contribution in [-0.2, 0) is 4.74 Å². The van der Waals surface area contributed by atoms with Gasteiger partial charge in [-0.1, -0.05) is 39.2 Å². The molecule has 0 atom stereocenters. The molecule has 1 saturated carbocycles. The van der Waals surface area contributed by atoms with E-state index >= 15 is 0 Å². The van der Waals surface area contributed by atoms with Crippen LogP contribution in [0.3, 0.4) is 0 Å². The Balaban J connectivity index is 0.00000320. The first kappa shape index (κ1) is 28.8. The van der Waals surface area contributed by atoms with Crippen molar-refractivity contribution in [2.45, 2.75) is 90.6 Å². The molecule has 2 aliphatic carbocycles. The predicted molar refractivity (Wildman–Crippen MR) is 161 cm³/mol. The molecule has 208 valence electrons. The monoisotopic (exact) mass is 529 g/mol. The lowest BCUT2D eigenvalue weighted by molar-refractivity contribution is 0.0819. The lowest BCUT2D eigenvalue weighted by Gasteiger charge is -2.41. The molecule has 37 heavy (non-hydrogen) atoms. The predicted octanol–water partition coefficient (Wildman–Crippen LogP) is 7.41. The van der Waals surface area contributed by atoms with Crippen LogP contribution in [0.15, 0.2) is 24.3 Å². The summed E-state index contributed by atoms with van der Waals surface area (Å²) < 4.78 is 5.64. The minimum Gasteiger partial charge on any atom is -0.381 e. The summed E-state index contributed by atoms with van der Waals surface area (Å²) in [5, 5.41) is 0. The Labute approximate surface area is 233 Å². The summed E-state index contributed by atoms with van der Waals surface area (Å²) in [5.41, 5.74) is 6.67. The summed E-state index contributed by atoms with van der Waals surface area (Å²) in [6.07, 6.45) is 17.9. The van der Waals surface area contributed by atoms with Crippen molar-refractivity contribution in [3.8, 4) is 0 Å². The molecule has 2 saturated heterocycles. The molecule has 0 amide bonds. The highest BCUT2D eigenvalue weighted by molar-refractivity contribution is 5.85. The highest BCUT2D eigenvalue weighted by atomic mass is 35.5. The topological polar surface area (TPSA) is 19.0 Å². The van der Waals surface area contributed by atoms with Crippen molar-refractivity contribution in [2.24, 2.45) is 11.3 Å². The smallest absolute Gasteiger partial charge is 0.0605 e. The van der Waals surface area contributed by atoms with Gasteiger partial charge in [0.05, 0.1) is 6.10 Å². The van der Waals surface area contributed by atoms with E-state index in [1.165, 1.54) is 94.4 Å². The fraction of sp³-hybridized carbons (Fsp3) is 0.750. The molecule has 0 radical (unpaired) electrons. The van der Waals surface area contributed by atoms with E-state index in [4.69, 9.17) is 4.74 Å². The number of benzene rings is 1. The second kappa shape index (κ2) is 13.2. The molecule has 4 aliphatic rings. The quantitative estimate of drug-likeness (QED) is 0.366. The van der Waals surface area contributed by atoms with Crippen LogP contribution in [0.1, 0.15) is 90.0 Å². The number of piperidine rings is 1. The molecule has 4 nitrogen and oxygen atoms in total. The summed E-state index contributed by atoms with van der Waals surface area (Å²) in [6.45, 7) is 12.8. The zero-order chi connectivity index (χ0) is 25.0. The average molecular weight is 530 g/mol. The maximum absolute atomic E-state index is 5.64. The Morgan fingerprint density at radius 3 is 2.27 bits per heavy atom. The molecule has 0 unspecified atom stereocenters. The Morgan fingerprint density at radius 1 is 0.919 bits per heavy atom. The molecule has 3 fully saturated rings. The molecule has 5 heteroatoms. The van der Waals surface area contributed by atoms with Crippen molar-refractivity contribution in [3.63, 3.8) is 0 Å². The summed E-state index contributed by atoms with van der Waals surface area (Å²) in [4.78, 5) is 7.96. The van der Waals surface area contributed by atoms with Crippen molar-refractivity contribution in [3.05, 3.63) is 29.8 Å². The van der Waals surface area contributed by atoms with Gasteiger partial charge in [0.1, 0.15) is 0 Å². The lowest BCUT2D eigenvalue weighted by Crippen LogP contribution is -2.47. The Morgan fingerprint density at radius 2 is 1.65 bits per heavy atom. The maximum Gasteiger partial charge on any atom is 0.0605 e. The van der Waals surface area contributed by atoms with Crippen molar-refractivity contribution in [1.82, 2.24) is 4.90 Å². The van der Waals surface area contributed by atoms with Gasteiger partial charge in [0.15, 0.2) is 0 Å². The molecule has 2 heterocycles. The van der Waals surface area contributed by atoms with Gasteiger partial charge in [-0.05, 0) is 93.0 Å². The molecule has 0 bridgehead atoms. The first-order chi connectivity index (χ1) is 17.5. The zero-order valence-corrected chi connectivity index (χ0v) is 24.7. The van der Waals surface area contributed by atoms with Gasteiger partial charge in [-0.25, -0.2) is 0 Å². The number of piperazine rings is 1. The van der Waals surface area contributed by atoms with E-state index in [2.05, 4.69) is 52.8 Å². The lowest BCUT2D eigenvalue weighted by atomic mass is 9.65. The van der Waals surface area contributed by atoms with Gasteiger partial charge in [-0.3, -0.25) is 4.90 Å². The van der Waals surface area contributed by atoms with Crippen molar-refractivity contribution < 1.29 is 4.74 Å². The summed E-state index contributed by atoms with van der Waals surface area (Å²) in [6, 6.07) is 7.42. The molecule has 2 aliphatic heterocycles. The van der Waals surface area contributed by atoms with Crippen molar-refractivity contribution in [2.75, 3.05) is 62.7 Å². The first-order valence-electron chi connectivity index (χ1n) is 15.1. The minimum atomic E-state index is 0. The number of halogens is 1. The summed E-state index contributed by atoms with van der Waals surface area (Å²) in [5.74, 6) is 0.793. The number of methoxy groups -OCH3 is 1. The van der Waals surface area contributed by atoms with Crippen LogP contribution in [0.5, 0.6) is 0 Å². The fourth-order valence-corrected chi connectivity index (χ4v) is 7.20. The highest BCUT2D eigenvalue weighted by Gasteiger charge is 2.34. The molecule has 0 N–H and O–H groups in total. The standard InChI is InChI=1S/C32H51N3O.ClH/c1-26(2)11-18-33-21-23-35(24-22-33)31-8-7-28(34-19-12-29(36-3)13-20-34)25-30(31)27-9-16-32(17-10-27)14-5-4-6-15-32;/h7-9,25-26,29H,4-6,10-24H2,1-3H3;1H. The van der Waals surface area contributed by atoms with Gasteiger partial charge >= 0.3 is 0 Å². The van der Waals surface area contributed by atoms with Crippen LogP contribution < -0.4 is 9.80 Å². The van der Waals surface area contributed by atoms with E-state index in [0.717, 1.165) is 44.9 Å². The Hall–Kier alpha value is -1.23. The van der Waals surface area contributed by atoms with E-state index in [1.807, 2.05) is 7.11 Å². The number of rotatable bonds is 7. The molecular formula is C32H52ClN3O. The zero-order valence-electron chi connectivity index (χ0n) is 23.9. The van der Waals surface area contributed by atoms with E-state index in [9.17, 15) is 0 Å². The summed E-state index contributed by atoms with van der Waals surface area (Å²) >= 11 is 0. The van der Waals surface area contributed by atoms with Gasteiger partial charge in [-0.2, -0.15) is 0 Å². The Kier molecular flexibility index (Phi) is 10.3. The number of allylic oxidation sites excluding steroid dienone is 2. The fourth-order valence-electron chi connectivity index (χ4n) is 7.20. The average Bonchev–Trinajstić information content (AvgIpc) is 2.93. The second-order valence-corrected chi connectivity index (χ2v) is 12.6. The Bertz CT molecular complexity index is 878. The SMILES string of the molecule is COC1CCN(c2ccc(N3CCN(CCC(C)C)CC3)c(C3=CCC4(CCCCC4)CC3)c2)CC1.Cl. The third kappa shape index (κ3) is 7.05. The van der Waals surface area contributed by atoms with Crippen LogP contribution in [0.2, 0.25) is 0 Å². The summed E-state index contributed by atoms with van der Waals surface area (Å²) in [7, 11) is 1.87. The molecule has 1 aromatic carbocycles. The van der Waals surface area contributed by atoms with E-state index in [0.29, 0.717) is 11.5 Å². The number of nitrogens with zero attached hydrogens (tertiary/aromatic N) is 3. The highest BCUT2D eigenvalue weighted by Crippen LogP contribution is 2.49. The third-order valence-electron chi connectivity index (χ3n) is 9.82. The van der Waals surface area contributed by atoms with Gasteiger partial charge < -0.3 is 14.5 Å². The van der Waals surface area contributed by atoms with E-state index in [-0.39, 0.29) is 12.4 Å². The molecule has 0 aromatic heterocycles. The third-order valence-corrected chi connectivity index (χ3v) is 9.82. The van der Waals surface area contributed by atoms with E-state index in [1.54, 1.807) is 5.57 Å². The van der Waals surface area contributed by atoms with Crippen molar-refractivity contribution in [1.29, 1.82) is 0 Å². The van der Waals surface area contributed by atoms with Crippen LogP contribution >= 0.6 is 12.4 Å². The first-order valence-corrected chi connectivity index (χ1v) is 15.1. The number of hydrogen-bond acceptors (Lipinski definition) is 4. The molecular weight excluding hydrogens is 478 g/mol. The van der Waals surface area contributed by atoms with Crippen LogP contribution in [0.25, 0.3) is 5.57 Å². The maximum atomic E-state index is 5.64. The van der Waals surface area contributed by atoms with Gasteiger partial charge in [-0.15, -0.1) is 12.4 Å². The molecule has 1 spiro atoms. The number of ether oxygens (including phenoxy) is 1. The molecule has 5 rings (SSSR count). The van der Waals surface area contributed by atoms with Gasteiger partial charge in [0, 0.05) is 63.3 Å². The van der Waals surface area contributed by atoms with Gasteiger partial charge in [0.25, 0.3) is 0 Å². The van der Waals surface area contributed by atoms with Crippen LogP contribution in [0.4, 0.5) is 11.4 Å². The largest absolute Gasteiger partial charge is 0.381 e. The van der Waals surface area contributed by atoms with Crippen molar-refractivity contribution >= 4 is 29.4 Å². The second-order valence-electron chi connectivity index (χ2n) is 12.6. The number of hydrogen-bond donors (Lipinski definition) is 0.